The van der Waals surface area contributed by atoms with Crippen molar-refractivity contribution in [3.05, 3.63) is 18.3 Å². The second-order valence-electron chi connectivity index (χ2n) is 5.65. The minimum Gasteiger partial charge on any atom is -0.481 e. The summed E-state index contributed by atoms with van der Waals surface area (Å²) in [7, 11) is 3.18. The second-order valence-corrected chi connectivity index (χ2v) is 5.65. The molecule has 8 nitrogen and oxygen atoms in total. The van der Waals surface area contributed by atoms with Gasteiger partial charge in [0, 0.05) is 32.3 Å². The molecular weight excluding hydrogens is 312 g/mol. The number of amides is 2. The summed E-state index contributed by atoms with van der Waals surface area (Å²) in [6, 6.07) is 3.22. The normalized spacial score (nSPS) is 18.0. The summed E-state index contributed by atoms with van der Waals surface area (Å²) in [5, 5.41) is 5.31. The fraction of sp³-hybridized carbons (Fsp3) is 0.562. The van der Waals surface area contributed by atoms with Crippen molar-refractivity contribution in [3.63, 3.8) is 0 Å². The van der Waals surface area contributed by atoms with E-state index in [9.17, 15) is 9.59 Å². The first-order valence-electron chi connectivity index (χ1n) is 7.95. The molecular formula is C16H24N4O4. The highest BCUT2D eigenvalue weighted by molar-refractivity contribution is 6.39. The number of nitrogens with one attached hydrogen (secondary N) is 2. The highest BCUT2D eigenvalue weighted by atomic mass is 16.5. The molecule has 0 saturated carbocycles. The van der Waals surface area contributed by atoms with E-state index in [0.717, 1.165) is 32.5 Å². The third kappa shape index (κ3) is 5.47. The molecule has 1 aromatic rings. The number of ether oxygens (including phenoxy) is 2. The van der Waals surface area contributed by atoms with Crippen LogP contribution in [0, 0.1) is 0 Å². The maximum Gasteiger partial charge on any atom is 0.313 e. The fourth-order valence-electron chi connectivity index (χ4n) is 2.61. The van der Waals surface area contributed by atoms with Gasteiger partial charge in [-0.2, -0.15) is 0 Å². The van der Waals surface area contributed by atoms with Crippen molar-refractivity contribution in [2.75, 3.05) is 45.8 Å². The molecule has 1 aliphatic heterocycles. The van der Waals surface area contributed by atoms with Gasteiger partial charge in [0.15, 0.2) is 0 Å². The Kier molecular flexibility index (Phi) is 6.95. The summed E-state index contributed by atoms with van der Waals surface area (Å²) >= 11 is 0. The summed E-state index contributed by atoms with van der Waals surface area (Å²) in [4.78, 5) is 30.2. The van der Waals surface area contributed by atoms with E-state index in [0.29, 0.717) is 18.2 Å². The number of methoxy groups -OCH3 is 2. The molecule has 1 saturated heterocycles. The topological polar surface area (TPSA) is 92.8 Å². The number of hydrogen-bond donors (Lipinski definition) is 2. The number of aromatic nitrogens is 1. The zero-order chi connectivity index (χ0) is 17.4. The van der Waals surface area contributed by atoms with E-state index in [1.165, 1.54) is 13.3 Å². The quantitative estimate of drug-likeness (QED) is 0.724. The molecule has 1 aromatic heterocycles. The molecule has 0 unspecified atom stereocenters. The van der Waals surface area contributed by atoms with Gasteiger partial charge in [-0.05, 0) is 25.5 Å². The lowest BCUT2D eigenvalue weighted by Gasteiger charge is -2.32. The standard InChI is InChI=1S/C16H24N4O4/c1-23-9-8-20-7-3-4-13(11-20)19-16(22)15(21)18-12-5-6-14(24-2)17-10-12/h5-6,10,13H,3-4,7-9,11H2,1-2H3,(H,18,21)(H,19,22)/t13-/m0/s1. The lowest BCUT2D eigenvalue weighted by Crippen LogP contribution is -2.50. The zero-order valence-corrected chi connectivity index (χ0v) is 14.1. The van der Waals surface area contributed by atoms with Crippen LogP contribution in [0.3, 0.4) is 0 Å². The lowest BCUT2D eigenvalue weighted by atomic mass is 10.1. The summed E-state index contributed by atoms with van der Waals surface area (Å²) in [6.07, 6.45) is 3.29. The van der Waals surface area contributed by atoms with Crippen LogP contribution < -0.4 is 15.4 Å². The Bertz CT molecular complexity index is 550. The van der Waals surface area contributed by atoms with Gasteiger partial charge < -0.3 is 20.1 Å². The molecule has 0 spiro atoms. The van der Waals surface area contributed by atoms with E-state index in [1.807, 2.05) is 0 Å². The molecule has 0 aromatic carbocycles. The van der Waals surface area contributed by atoms with E-state index < -0.39 is 11.8 Å². The predicted molar refractivity (Wildman–Crippen MR) is 88.9 cm³/mol. The molecule has 1 atom stereocenters. The van der Waals surface area contributed by atoms with Crippen molar-refractivity contribution < 1.29 is 19.1 Å². The second kappa shape index (κ2) is 9.19. The maximum absolute atomic E-state index is 12.0. The maximum atomic E-state index is 12.0. The number of rotatable bonds is 6. The number of piperidine rings is 1. The molecule has 8 heteroatoms. The molecule has 2 heterocycles. The highest BCUT2D eigenvalue weighted by Crippen LogP contribution is 2.12. The van der Waals surface area contributed by atoms with Gasteiger partial charge in [0.1, 0.15) is 0 Å². The predicted octanol–water partition coefficient (Wildman–Crippen LogP) is 0.256. The van der Waals surface area contributed by atoms with Gasteiger partial charge in [0.2, 0.25) is 5.88 Å². The first-order chi connectivity index (χ1) is 11.6. The van der Waals surface area contributed by atoms with Crippen molar-refractivity contribution in [2.24, 2.45) is 0 Å². The van der Waals surface area contributed by atoms with Crippen LogP contribution in [0.1, 0.15) is 12.8 Å². The minimum atomic E-state index is -0.698. The van der Waals surface area contributed by atoms with Gasteiger partial charge in [-0.15, -0.1) is 0 Å². The number of carbonyl (C=O) groups excluding carboxylic acids is 2. The monoisotopic (exact) mass is 336 g/mol. The van der Waals surface area contributed by atoms with E-state index in [2.05, 4.69) is 20.5 Å². The third-order valence-corrected chi connectivity index (χ3v) is 3.86. The molecule has 0 aliphatic carbocycles. The van der Waals surface area contributed by atoms with E-state index in [1.54, 1.807) is 19.2 Å². The first kappa shape index (κ1) is 18.2. The van der Waals surface area contributed by atoms with Gasteiger partial charge in [-0.3, -0.25) is 14.5 Å². The number of pyridine rings is 1. The van der Waals surface area contributed by atoms with E-state index in [4.69, 9.17) is 9.47 Å². The number of carbonyl (C=O) groups is 2. The first-order valence-corrected chi connectivity index (χ1v) is 7.95. The Morgan fingerprint density at radius 2 is 2.17 bits per heavy atom. The lowest BCUT2D eigenvalue weighted by molar-refractivity contribution is -0.136. The van der Waals surface area contributed by atoms with Gasteiger partial charge in [-0.1, -0.05) is 0 Å². The molecule has 2 rings (SSSR count). The Balaban J connectivity index is 1.81. The van der Waals surface area contributed by atoms with Crippen molar-refractivity contribution in [2.45, 2.75) is 18.9 Å². The van der Waals surface area contributed by atoms with Gasteiger partial charge in [-0.25, -0.2) is 4.98 Å². The van der Waals surface area contributed by atoms with Crippen molar-refractivity contribution in [3.8, 4) is 5.88 Å². The van der Waals surface area contributed by atoms with Gasteiger partial charge >= 0.3 is 11.8 Å². The number of hydrogen-bond acceptors (Lipinski definition) is 6. The van der Waals surface area contributed by atoms with Crippen LogP contribution >= 0.6 is 0 Å². The Labute approximate surface area is 141 Å². The average Bonchev–Trinajstić information content (AvgIpc) is 2.61. The Morgan fingerprint density at radius 1 is 1.33 bits per heavy atom. The summed E-state index contributed by atoms with van der Waals surface area (Å²) in [5.74, 6) is -0.892. The molecule has 1 aliphatic rings. The van der Waals surface area contributed by atoms with Gasteiger partial charge in [0.25, 0.3) is 0 Å². The van der Waals surface area contributed by atoms with Crippen molar-refractivity contribution >= 4 is 17.5 Å². The molecule has 2 N–H and O–H groups in total. The van der Waals surface area contributed by atoms with Crippen LogP contribution in [0.25, 0.3) is 0 Å². The molecule has 0 bridgehead atoms. The van der Waals surface area contributed by atoms with E-state index in [-0.39, 0.29) is 6.04 Å². The van der Waals surface area contributed by atoms with Crippen molar-refractivity contribution in [1.29, 1.82) is 0 Å². The molecule has 24 heavy (non-hydrogen) atoms. The average molecular weight is 336 g/mol. The minimum absolute atomic E-state index is 0.0251. The zero-order valence-electron chi connectivity index (χ0n) is 14.1. The number of likely N-dealkylation sites (tertiary alicyclic amines) is 1. The molecule has 1 fully saturated rings. The van der Waals surface area contributed by atoms with Crippen LogP contribution in [0.15, 0.2) is 18.3 Å². The molecule has 132 valence electrons. The van der Waals surface area contributed by atoms with Crippen LogP contribution in [0.5, 0.6) is 5.88 Å². The molecule has 0 radical (unpaired) electrons. The summed E-state index contributed by atoms with van der Waals surface area (Å²) in [5.41, 5.74) is 0.446. The SMILES string of the molecule is COCCN1CCC[C@H](NC(=O)C(=O)Nc2ccc(OC)nc2)C1. The van der Waals surface area contributed by atoms with Crippen molar-refractivity contribution in [1.82, 2.24) is 15.2 Å². The highest BCUT2D eigenvalue weighted by Gasteiger charge is 2.23. The number of nitrogens with zero attached hydrogens (tertiary/aromatic N) is 2. The van der Waals surface area contributed by atoms with Crippen LogP contribution in [-0.4, -0.2) is 68.2 Å². The van der Waals surface area contributed by atoms with Crippen LogP contribution in [0.2, 0.25) is 0 Å². The third-order valence-electron chi connectivity index (χ3n) is 3.86. The van der Waals surface area contributed by atoms with Crippen LogP contribution in [0.4, 0.5) is 5.69 Å². The Hall–Kier alpha value is -2.19. The van der Waals surface area contributed by atoms with Gasteiger partial charge in [0.05, 0.1) is 25.6 Å². The number of anilines is 1. The van der Waals surface area contributed by atoms with Crippen LogP contribution in [-0.2, 0) is 14.3 Å². The van der Waals surface area contributed by atoms with E-state index >= 15 is 0 Å². The summed E-state index contributed by atoms with van der Waals surface area (Å²) in [6.45, 7) is 3.20. The smallest absolute Gasteiger partial charge is 0.313 e. The fourth-order valence-corrected chi connectivity index (χ4v) is 2.61. The molecule has 2 amide bonds. The Morgan fingerprint density at radius 3 is 2.83 bits per heavy atom. The summed E-state index contributed by atoms with van der Waals surface area (Å²) < 4.78 is 10.0. The largest absolute Gasteiger partial charge is 0.481 e.